The molecule has 1 saturated carbocycles. The Morgan fingerprint density at radius 2 is 1.53 bits per heavy atom. The van der Waals surface area contributed by atoms with Crippen LogP contribution in [0.3, 0.4) is 0 Å². The van der Waals surface area contributed by atoms with Crippen LogP contribution in [0.1, 0.15) is 12.8 Å². The Kier molecular flexibility index (Phi) is 4.48. The van der Waals surface area contributed by atoms with Crippen LogP contribution in [0.2, 0.25) is 0 Å². The minimum absolute atomic E-state index is 0. The number of halogens is 1. The molecule has 96 valence electrons. The Morgan fingerprint density at radius 3 is 1.94 bits per heavy atom. The minimum atomic E-state index is -0.115. The molecule has 0 heterocycles. The highest BCUT2D eigenvalue weighted by atomic mass is 35.5. The summed E-state index contributed by atoms with van der Waals surface area (Å²) >= 11 is 0. The van der Waals surface area contributed by atoms with Crippen LogP contribution < -0.4 is 19.9 Å². The summed E-state index contributed by atoms with van der Waals surface area (Å²) in [6.45, 7) is 0.545. The van der Waals surface area contributed by atoms with Gasteiger partial charge in [-0.2, -0.15) is 0 Å². The summed E-state index contributed by atoms with van der Waals surface area (Å²) < 4.78 is 15.9. The van der Waals surface area contributed by atoms with Gasteiger partial charge >= 0.3 is 0 Å². The standard InChI is InChI=1S/C12H17NO3.ClH/c1-14-9-5-10(15-2)7-11(6-9)16-8-12(13)3-4-12;/h5-7H,3-4,8,13H2,1-2H3;1H. The third-order valence-electron chi connectivity index (χ3n) is 2.74. The second-order valence-corrected chi connectivity index (χ2v) is 4.20. The van der Waals surface area contributed by atoms with Gasteiger partial charge in [0.05, 0.1) is 19.8 Å². The zero-order chi connectivity index (χ0) is 11.6. The van der Waals surface area contributed by atoms with Crippen LogP contribution in [-0.2, 0) is 0 Å². The molecule has 0 aromatic heterocycles. The predicted octanol–water partition coefficient (Wildman–Crippen LogP) is 2.00. The third kappa shape index (κ3) is 3.68. The van der Waals surface area contributed by atoms with Crippen LogP contribution in [0.5, 0.6) is 17.2 Å². The fraction of sp³-hybridized carbons (Fsp3) is 0.500. The molecule has 0 radical (unpaired) electrons. The van der Waals surface area contributed by atoms with E-state index in [9.17, 15) is 0 Å². The average Bonchev–Trinajstić information content (AvgIpc) is 3.05. The number of benzene rings is 1. The molecule has 2 rings (SSSR count). The highest BCUT2D eigenvalue weighted by Gasteiger charge is 2.39. The Morgan fingerprint density at radius 1 is 1.06 bits per heavy atom. The quantitative estimate of drug-likeness (QED) is 0.879. The maximum absolute atomic E-state index is 5.95. The number of hydrogen-bond acceptors (Lipinski definition) is 4. The van der Waals surface area contributed by atoms with Gasteiger partial charge in [-0.25, -0.2) is 0 Å². The Hall–Kier alpha value is -1.13. The highest BCUT2D eigenvalue weighted by molar-refractivity contribution is 5.85. The second-order valence-electron chi connectivity index (χ2n) is 4.20. The molecular weight excluding hydrogens is 242 g/mol. The van der Waals surface area contributed by atoms with Crippen molar-refractivity contribution in [3.05, 3.63) is 18.2 Å². The summed E-state index contributed by atoms with van der Waals surface area (Å²) in [4.78, 5) is 0. The third-order valence-corrected chi connectivity index (χ3v) is 2.74. The molecule has 0 unspecified atom stereocenters. The van der Waals surface area contributed by atoms with E-state index in [-0.39, 0.29) is 17.9 Å². The number of hydrogen-bond donors (Lipinski definition) is 1. The van der Waals surface area contributed by atoms with Crippen LogP contribution in [0.4, 0.5) is 0 Å². The van der Waals surface area contributed by atoms with Crippen LogP contribution in [0.25, 0.3) is 0 Å². The molecule has 1 aliphatic carbocycles. The molecule has 17 heavy (non-hydrogen) atoms. The first-order valence-corrected chi connectivity index (χ1v) is 5.30. The van der Waals surface area contributed by atoms with Gasteiger partial charge in [0.25, 0.3) is 0 Å². The largest absolute Gasteiger partial charge is 0.496 e. The highest BCUT2D eigenvalue weighted by Crippen LogP contribution is 2.34. The van der Waals surface area contributed by atoms with Crippen molar-refractivity contribution in [2.45, 2.75) is 18.4 Å². The van der Waals surface area contributed by atoms with E-state index in [1.54, 1.807) is 14.2 Å². The van der Waals surface area contributed by atoms with Crippen LogP contribution in [0, 0.1) is 0 Å². The lowest BCUT2D eigenvalue weighted by molar-refractivity contribution is 0.276. The van der Waals surface area contributed by atoms with Gasteiger partial charge in [-0.3, -0.25) is 0 Å². The molecule has 0 amide bonds. The van der Waals surface area contributed by atoms with E-state index < -0.39 is 0 Å². The van der Waals surface area contributed by atoms with Gasteiger partial charge in [0.2, 0.25) is 0 Å². The lowest BCUT2D eigenvalue weighted by Gasteiger charge is -2.13. The first-order chi connectivity index (χ1) is 7.65. The van der Waals surface area contributed by atoms with Crippen molar-refractivity contribution < 1.29 is 14.2 Å². The molecule has 5 heteroatoms. The molecule has 1 aromatic carbocycles. The maximum atomic E-state index is 5.95. The van der Waals surface area contributed by atoms with Crippen molar-refractivity contribution in [2.24, 2.45) is 5.73 Å². The lowest BCUT2D eigenvalue weighted by atomic mass is 10.3. The van der Waals surface area contributed by atoms with Crippen molar-refractivity contribution in [2.75, 3.05) is 20.8 Å². The van der Waals surface area contributed by atoms with Gasteiger partial charge in [-0.15, -0.1) is 12.4 Å². The van der Waals surface area contributed by atoms with E-state index in [0.717, 1.165) is 30.1 Å². The fourth-order valence-corrected chi connectivity index (χ4v) is 1.40. The van der Waals surface area contributed by atoms with E-state index in [4.69, 9.17) is 19.9 Å². The summed E-state index contributed by atoms with van der Waals surface area (Å²) in [6.07, 6.45) is 2.07. The molecule has 4 nitrogen and oxygen atoms in total. The number of nitrogens with two attached hydrogens (primary N) is 1. The lowest BCUT2D eigenvalue weighted by Crippen LogP contribution is -2.29. The summed E-state index contributed by atoms with van der Waals surface area (Å²) in [6, 6.07) is 5.46. The first-order valence-electron chi connectivity index (χ1n) is 5.30. The first kappa shape index (κ1) is 13.9. The SMILES string of the molecule is COc1cc(OC)cc(OCC2(N)CC2)c1.Cl. The molecule has 1 fully saturated rings. The fourth-order valence-electron chi connectivity index (χ4n) is 1.40. The number of rotatable bonds is 5. The van der Waals surface area contributed by atoms with E-state index in [1.807, 2.05) is 18.2 Å². The summed E-state index contributed by atoms with van der Waals surface area (Å²) in [5.41, 5.74) is 5.83. The van der Waals surface area contributed by atoms with Gasteiger partial charge < -0.3 is 19.9 Å². The molecule has 1 aliphatic rings. The topological polar surface area (TPSA) is 53.7 Å². The van der Waals surface area contributed by atoms with E-state index in [2.05, 4.69) is 0 Å². The van der Waals surface area contributed by atoms with Crippen molar-refractivity contribution in [3.63, 3.8) is 0 Å². The number of ether oxygens (including phenoxy) is 3. The van der Waals surface area contributed by atoms with Gasteiger partial charge in [0.1, 0.15) is 23.9 Å². The van der Waals surface area contributed by atoms with Crippen molar-refractivity contribution in [1.29, 1.82) is 0 Å². The van der Waals surface area contributed by atoms with Gasteiger partial charge in [0.15, 0.2) is 0 Å². The van der Waals surface area contributed by atoms with E-state index in [1.165, 1.54) is 0 Å². The van der Waals surface area contributed by atoms with Crippen molar-refractivity contribution >= 4 is 12.4 Å². The van der Waals surface area contributed by atoms with Crippen LogP contribution >= 0.6 is 12.4 Å². The normalized spacial score (nSPS) is 15.7. The zero-order valence-corrected chi connectivity index (χ0v) is 10.9. The Labute approximate surface area is 107 Å². The van der Waals surface area contributed by atoms with E-state index in [0.29, 0.717) is 6.61 Å². The molecule has 0 spiro atoms. The Bertz CT molecular complexity index is 358. The van der Waals surface area contributed by atoms with Crippen molar-refractivity contribution in [1.82, 2.24) is 0 Å². The zero-order valence-electron chi connectivity index (χ0n) is 10.1. The molecule has 0 saturated heterocycles. The number of methoxy groups -OCH3 is 2. The van der Waals surface area contributed by atoms with Crippen molar-refractivity contribution in [3.8, 4) is 17.2 Å². The van der Waals surface area contributed by atoms with Gasteiger partial charge in [0, 0.05) is 18.2 Å². The molecule has 0 bridgehead atoms. The summed E-state index contributed by atoms with van der Waals surface area (Å²) in [7, 11) is 3.23. The molecule has 1 aromatic rings. The van der Waals surface area contributed by atoms with Crippen LogP contribution in [-0.4, -0.2) is 26.4 Å². The van der Waals surface area contributed by atoms with Crippen LogP contribution in [0.15, 0.2) is 18.2 Å². The average molecular weight is 260 g/mol. The molecule has 2 N–H and O–H groups in total. The molecule has 0 aliphatic heterocycles. The smallest absolute Gasteiger partial charge is 0.126 e. The van der Waals surface area contributed by atoms with Gasteiger partial charge in [-0.05, 0) is 12.8 Å². The maximum Gasteiger partial charge on any atom is 0.126 e. The molecular formula is C12H18ClNO3. The summed E-state index contributed by atoms with van der Waals surface area (Å²) in [5, 5.41) is 0. The second kappa shape index (κ2) is 5.47. The summed E-state index contributed by atoms with van der Waals surface area (Å²) in [5.74, 6) is 2.17. The van der Waals surface area contributed by atoms with E-state index >= 15 is 0 Å². The molecule has 0 atom stereocenters. The Balaban J connectivity index is 0.00000144. The predicted molar refractivity (Wildman–Crippen MR) is 68.4 cm³/mol. The monoisotopic (exact) mass is 259 g/mol. The van der Waals surface area contributed by atoms with Gasteiger partial charge in [-0.1, -0.05) is 0 Å². The minimum Gasteiger partial charge on any atom is -0.496 e.